The number of unbranched alkanes of at least 4 members (excludes halogenated alkanes) is 1. The van der Waals surface area contributed by atoms with Crippen LogP contribution >= 0.6 is 15.9 Å². The molecule has 1 aromatic carbocycles. The van der Waals surface area contributed by atoms with E-state index < -0.39 is 0 Å². The molecule has 0 aliphatic rings. The molecule has 1 rings (SSSR count). The quantitative estimate of drug-likeness (QED) is 0.668. The van der Waals surface area contributed by atoms with E-state index in [0.717, 1.165) is 17.3 Å². The first kappa shape index (κ1) is 17.7. The smallest absolute Gasteiger partial charge is 0.307 e. The average molecular weight is 356 g/mol. The normalized spacial score (nSPS) is 10.2. The van der Waals surface area contributed by atoms with Crippen molar-refractivity contribution in [3.05, 3.63) is 34.3 Å². The molecule has 0 fully saturated rings. The molecule has 0 aliphatic heterocycles. The number of ether oxygens (including phenoxy) is 1. The van der Waals surface area contributed by atoms with E-state index in [0.29, 0.717) is 25.3 Å². The van der Waals surface area contributed by atoms with Gasteiger partial charge in [-0.15, -0.1) is 0 Å². The number of esters is 1. The minimum atomic E-state index is -0.265. The van der Waals surface area contributed by atoms with Crippen LogP contribution in [0.25, 0.3) is 0 Å². The lowest BCUT2D eigenvalue weighted by molar-refractivity contribution is -0.143. The number of amides is 1. The average Bonchev–Trinajstić information content (AvgIpc) is 2.47. The predicted octanol–water partition coefficient (Wildman–Crippen LogP) is 3.64. The molecule has 0 aliphatic carbocycles. The van der Waals surface area contributed by atoms with E-state index in [-0.39, 0.29) is 18.3 Å². The van der Waals surface area contributed by atoms with Gasteiger partial charge in [0.25, 0.3) is 5.91 Å². The first-order valence-corrected chi connectivity index (χ1v) is 8.08. The molecule has 0 saturated heterocycles. The molecule has 0 N–H and O–H groups in total. The van der Waals surface area contributed by atoms with Crippen LogP contribution in [0, 0.1) is 0 Å². The Morgan fingerprint density at radius 1 is 1.19 bits per heavy atom. The summed E-state index contributed by atoms with van der Waals surface area (Å²) in [5, 5.41) is 0. The van der Waals surface area contributed by atoms with Gasteiger partial charge in [0.1, 0.15) is 0 Å². The lowest BCUT2D eigenvalue weighted by atomic mass is 10.2. The molecular formula is C16H22BrNO3. The van der Waals surface area contributed by atoms with Crippen molar-refractivity contribution in [3.8, 4) is 0 Å². The number of halogens is 1. The highest BCUT2D eigenvalue weighted by atomic mass is 79.9. The molecule has 21 heavy (non-hydrogen) atoms. The van der Waals surface area contributed by atoms with Crippen molar-refractivity contribution in [2.24, 2.45) is 0 Å². The van der Waals surface area contributed by atoms with Crippen LogP contribution in [-0.4, -0.2) is 36.5 Å². The minimum Gasteiger partial charge on any atom is -0.466 e. The Balaban J connectivity index is 2.74. The molecule has 0 bridgehead atoms. The monoisotopic (exact) mass is 355 g/mol. The highest BCUT2D eigenvalue weighted by Crippen LogP contribution is 2.18. The summed E-state index contributed by atoms with van der Waals surface area (Å²) in [4.78, 5) is 25.8. The molecule has 5 heteroatoms. The zero-order valence-electron chi connectivity index (χ0n) is 12.6. The molecule has 0 radical (unpaired) electrons. The van der Waals surface area contributed by atoms with E-state index in [1.165, 1.54) is 0 Å². The fourth-order valence-electron chi connectivity index (χ4n) is 1.93. The molecule has 4 nitrogen and oxygen atoms in total. The Kier molecular flexibility index (Phi) is 8.05. The van der Waals surface area contributed by atoms with Crippen LogP contribution < -0.4 is 0 Å². The maximum atomic E-state index is 12.6. The maximum absolute atomic E-state index is 12.6. The van der Waals surface area contributed by atoms with Crippen molar-refractivity contribution in [1.82, 2.24) is 4.90 Å². The molecule has 1 amide bonds. The SMILES string of the molecule is CCCCN(CCC(=O)OCC)C(=O)c1ccccc1Br. The fourth-order valence-corrected chi connectivity index (χ4v) is 2.38. The van der Waals surface area contributed by atoms with Crippen LogP contribution in [0.4, 0.5) is 0 Å². The second-order valence-electron chi connectivity index (χ2n) is 4.68. The van der Waals surface area contributed by atoms with E-state index in [1.807, 2.05) is 18.2 Å². The van der Waals surface area contributed by atoms with Gasteiger partial charge in [-0.2, -0.15) is 0 Å². The van der Waals surface area contributed by atoms with Gasteiger partial charge in [-0.25, -0.2) is 0 Å². The Hall–Kier alpha value is -1.36. The lowest BCUT2D eigenvalue weighted by Gasteiger charge is -2.22. The Bertz CT molecular complexity index is 476. The van der Waals surface area contributed by atoms with Gasteiger partial charge in [0, 0.05) is 17.6 Å². The Labute approximate surface area is 134 Å². The summed E-state index contributed by atoms with van der Waals surface area (Å²) in [5.41, 5.74) is 0.623. The Morgan fingerprint density at radius 3 is 2.52 bits per heavy atom. The van der Waals surface area contributed by atoms with Crippen molar-refractivity contribution in [2.75, 3.05) is 19.7 Å². The van der Waals surface area contributed by atoms with E-state index in [9.17, 15) is 9.59 Å². The molecule has 0 atom stereocenters. The number of nitrogens with zero attached hydrogens (tertiary/aromatic N) is 1. The van der Waals surface area contributed by atoms with Gasteiger partial charge >= 0.3 is 5.97 Å². The number of carbonyl (C=O) groups excluding carboxylic acids is 2. The number of benzene rings is 1. The molecule has 0 saturated carbocycles. The van der Waals surface area contributed by atoms with E-state index in [2.05, 4.69) is 22.9 Å². The van der Waals surface area contributed by atoms with E-state index in [1.54, 1.807) is 17.9 Å². The summed E-state index contributed by atoms with van der Waals surface area (Å²) in [6, 6.07) is 7.34. The summed E-state index contributed by atoms with van der Waals surface area (Å²) in [6.07, 6.45) is 2.14. The first-order valence-electron chi connectivity index (χ1n) is 7.29. The highest BCUT2D eigenvalue weighted by molar-refractivity contribution is 9.10. The van der Waals surface area contributed by atoms with Gasteiger partial charge in [-0.1, -0.05) is 25.5 Å². The number of hydrogen-bond donors (Lipinski definition) is 0. The summed E-state index contributed by atoms with van der Waals surface area (Å²) >= 11 is 3.40. The van der Waals surface area contributed by atoms with Gasteiger partial charge in [0.15, 0.2) is 0 Å². The lowest BCUT2D eigenvalue weighted by Crippen LogP contribution is -2.34. The van der Waals surface area contributed by atoms with Crippen molar-refractivity contribution in [3.63, 3.8) is 0 Å². The van der Waals surface area contributed by atoms with E-state index in [4.69, 9.17) is 4.74 Å². The third kappa shape index (κ3) is 5.87. The van der Waals surface area contributed by atoms with Crippen molar-refractivity contribution < 1.29 is 14.3 Å². The second-order valence-corrected chi connectivity index (χ2v) is 5.53. The standard InChI is InChI=1S/C16H22BrNO3/c1-3-5-11-18(12-10-15(19)21-4-2)16(20)13-8-6-7-9-14(13)17/h6-9H,3-5,10-12H2,1-2H3. The minimum absolute atomic E-state index is 0.0553. The van der Waals surface area contributed by atoms with Crippen LogP contribution in [0.1, 0.15) is 43.5 Å². The zero-order valence-corrected chi connectivity index (χ0v) is 14.2. The molecule has 0 spiro atoms. The van der Waals surface area contributed by atoms with Crippen molar-refractivity contribution in [2.45, 2.75) is 33.1 Å². The maximum Gasteiger partial charge on any atom is 0.307 e. The topological polar surface area (TPSA) is 46.6 Å². The Morgan fingerprint density at radius 2 is 1.90 bits per heavy atom. The molecule has 1 aromatic rings. The predicted molar refractivity (Wildman–Crippen MR) is 86.2 cm³/mol. The molecule has 116 valence electrons. The largest absolute Gasteiger partial charge is 0.466 e. The van der Waals surface area contributed by atoms with Crippen LogP contribution in [0.5, 0.6) is 0 Å². The second kappa shape index (κ2) is 9.55. The summed E-state index contributed by atoms with van der Waals surface area (Å²) < 4.78 is 5.69. The van der Waals surface area contributed by atoms with Crippen LogP contribution in [-0.2, 0) is 9.53 Å². The number of rotatable bonds is 8. The van der Waals surface area contributed by atoms with Gasteiger partial charge in [-0.3, -0.25) is 9.59 Å². The number of carbonyl (C=O) groups is 2. The van der Waals surface area contributed by atoms with Gasteiger partial charge < -0.3 is 9.64 Å². The van der Waals surface area contributed by atoms with Crippen molar-refractivity contribution in [1.29, 1.82) is 0 Å². The van der Waals surface area contributed by atoms with Crippen LogP contribution in [0.3, 0.4) is 0 Å². The molecule has 0 aromatic heterocycles. The molecule has 0 heterocycles. The number of hydrogen-bond acceptors (Lipinski definition) is 3. The van der Waals surface area contributed by atoms with Gasteiger partial charge in [0.2, 0.25) is 0 Å². The van der Waals surface area contributed by atoms with Crippen molar-refractivity contribution >= 4 is 27.8 Å². The first-order chi connectivity index (χ1) is 10.1. The third-order valence-electron chi connectivity index (χ3n) is 3.06. The van der Waals surface area contributed by atoms with Crippen LogP contribution in [0.2, 0.25) is 0 Å². The van der Waals surface area contributed by atoms with E-state index >= 15 is 0 Å². The van der Waals surface area contributed by atoms with Gasteiger partial charge in [0.05, 0.1) is 18.6 Å². The molecular weight excluding hydrogens is 334 g/mol. The molecule has 0 unspecified atom stereocenters. The highest BCUT2D eigenvalue weighted by Gasteiger charge is 2.18. The fraction of sp³-hybridized carbons (Fsp3) is 0.500. The summed E-state index contributed by atoms with van der Waals surface area (Å²) in [5.74, 6) is -0.320. The third-order valence-corrected chi connectivity index (χ3v) is 3.76. The zero-order chi connectivity index (χ0) is 15.7. The van der Waals surface area contributed by atoms with Gasteiger partial charge in [-0.05, 0) is 41.4 Å². The summed E-state index contributed by atoms with van der Waals surface area (Å²) in [6.45, 7) is 5.26. The summed E-state index contributed by atoms with van der Waals surface area (Å²) in [7, 11) is 0. The van der Waals surface area contributed by atoms with Crippen LogP contribution in [0.15, 0.2) is 28.7 Å².